The standard InChI is InChI=1S/C16H15FN2OS/c1-19(13-9-7-12(17)8-10-13)16(20)14(15(18)21)11-5-3-2-4-6-11/h2-10,14H,1H3,(H2,18,21). The van der Waals surface area contributed by atoms with E-state index in [2.05, 4.69) is 0 Å². The Bertz CT molecular complexity index is 643. The molecule has 2 aromatic carbocycles. The van der Waals surface area contributed by atoms with Crippen molar-refractivity contribution in [2.75, 3.05) is 11.9 Å². The van der Waals surface area contributed by atoms with E-state index in [4.69, 9.17) is 18.0 Å². The van der Waals surface area contributed by atoms with E-state index < -0.39 is 5.92 Å². The molecule has 0 aliphatic heterocycles. The highest BCUT2D eigenvalue weighted by Crippen LogP contribution is 2.22. The van der Waals surface area contributed by atoms with Gasteiger partial charge in [-0.15, -0.1) is 0 Å². The van der Waals surface area contributed by atoms with Gasteiger partial charge in [0.1, 0.15) is 11.7 Å². The van der Waals surface area contributed by atoms with E-state index in [9.17, 15) is 9.18 Å². The van der Waals surface area contributed by atoms with Gasteiger partial charge < -0.3 is 10.6 Å². The van der Waals surface area contributed by atoms with Crippen LogP contribution in [0.4, 0.5) is 10.1 Å². The summed E-state index contributed by atoms with van der Waals surface area (Å²) in [6.45, 7) is 0. The summed E-state index contributed by atoms with van der Waals surface area (Å²) in [7, 11) is 1.61. The first-order valence-electron chi connectivity index (χ1n) is 6.38. The Kier molecular flexibility index (Phi) is 4.65. The Morgan fingerprint density at radius 1 is 1.14 bits per heavy atom. The molecule has 0 bridgehead atoms. The summed E-state index contributed by atoms with van der Waals surface area (Å²) in [5.74, 6) is -1.30. The lowest BCUT2D eigenvalue weighted by Crippen LogP contribution is -2.37. The number of halogens is 1. The monoisotopic (exact) mass is 302 g/mol. The second-order valence-corrected chi connectivity index (χ2v) is 5.09. The number of nitrogens with two attached hydrogens (primary N) is 1. The van der Waals surface area contributed by atoms with Crippen molar-refractivity contribution in [2.45, 2.75) is 5.92 Å². The number of carbonyl (C=O) groups excluding carboxylic acids is 1. The molecular weight excluding hydrogens is 287 g/mol. The Balaban J connectivity index is 2.31. The predicted molar refractivity (Wildman–Crippen MR) is 85.8 cm³/mol. The first-order chi connectivity index (χ1) is 10.0. The van der Waals surface area contributed by atoms with Crippen LogP contribution in [0.3, 0.4) is 0 Å². The van der Waals surface area contributed by atoms with E-state index in [0.717, 1.165) is 5.56 Å². The number of benzene rings is 2. The van der Waals surface area contributed by atoms with Crippen molar-refractivity contribution >= 4 is 28.8 Å². The Labute approximate surface area is 128 Å². The Hall–Kier alpha value is -2.27. The molecule has 0 fully saturated rings. The highest BCUT2D eigenvalue weighted by molar-refractivity contribution is 7.80. The molecule has 1 atom stereocenters. The average molecular weight is 302 g/mol. The van der Waals surface area contributed by atoms with Crippen molar-refractivity contribution in [1.29, 1.82) is 0 Å². The van der Waals surface area contributed by atoms with E-state index in [1.807, 2.05) is 18.2 Å². The van der Waals surface area contributed by atoms with Crippen molar-refractivity contribution in [3.8, 4) is 0 Å². The summed E-state index contributed by atoms with van der Waals surface area (Å²) >= 11 is 5.04. The van der Waals surface area contributed by atoms with Gasteiger partial charge in [-0.05, 0) is 29.8 Å². The summed E-state index contributed by atoms with van der Waals surface area (Å²) in [5.41, 5.74) is 7.06. The minimum atomic E-state index is -0.698. The van der Waals surface area contributed by atoms with Gasteiger partial charge in [-0.2, -0.15) is 0 Å². The van der Waals surface area contributed by atoms with Crippen molar-refractivity contribution in [3.05, 3.63) is 66.0 Å². The van der Waals surface area contributed by atoms with Gasteiger partial charge in [0.15, 0.2) is 0 Å². The molecule has 0 radical (unpaired) electrons. The molecule has 0 saturated carbocycles. The van der Waals surface area contributed by atoms with Gasteiger partial charge in [0, 0.05) is 12.7 Å². The molecule has 2 rings (SSSR count). The van der Waals surface area contributed by atoms with Crippen molar-refractivity contribution < 1.29 is 9.18 Å². The SMILES string of the molecule is CN(C(=O)C(C(N)=S)c1ccccc1)c1ccc(F)cc1. The largest absolute Gasteiger partial charge is 0.392 e. The first-order valence-corrected chi connectivity index (χ1v) is 6.79. The fourth-order valence-corrected chi connectivity index (χ4v) is 2.30. The van der Waals surface area contributed by atoms with Crippen LogP contribution >= 0.6 is 12.2 Å². The van der Waals surface area contributed by atoms with Gasteiger partial charge >= 0.3 is 0 Å². The number of nitrogens with zero attached hydrogens (tertiary/aromatic N) is 1. The molecule has 0 aliphatic rings. The molecule has 0 aliphatic carbocycles. The van der Waals surface area contributed by atoms with Crippen LogP contribution in [0, 0.1) is 5.82 Å². The number of amides is 1. The molecule has 0 spiro atoms. The maximum absolute atomic E-state index is 13.0. The zero-order valence-electron chi connectivity index (χ0n) is 11.5. The first kappa shape index (κ1) is 15.1. The zero-order chi connectivity index (χ0) is 15.4. The third kappa shape index (κ3) is 3.44. The van der Waals surface area contributed by atoms with Crippen molar-refractivity contribution in [3.63, 3.8) is 0 Å². The maximum atomic E-state index is 13.0. The highest BCUT2D eigenvalue weighted by atomic mass is 32.1. The smallest absolute Gasteiger partial charge is 0.241 e. The second kappa shape index (κ2) is 6.45. The van der Waals surface area contributed by atoms with Crippen LogP contribution in [0.1, 0.15) is 11.5 Å². The number of rotatable bonds is 4. The minimum absolute atomic E-state index is 0.111. The number of hydrogen-bond donors (Lipinski definition) is 1. The molecule has 2 N–H and O–H groups in total. The summed E-state index contributed by atoms with van der Waals surface area (Å²) in [6, 6.07) is 14.8. The predicted octanol–water partition coefficient (Wildman–Crippen LogP) is 2.86. The average Bonchev–Trinajstić information content (AvgIpc) is 2.48. The molecule has 3 nitrogen and oxygen atoms in total. The van der Waals surface area contributed by atoms with Crippen LogP contribution in [-0.2, 0) is 4.79 Å². The fourth-order valence-electron chi connectivity index (χ4n) is 2.06. The van der Waals surface area contributed by atoms with E-state index in [-0.39, 0.29) is 16.7 Å². The normalized spacial score (nSPS) is 11.7. The van der Waals surface area contributed by atoms with E-state index in [0.29, 0.717) is 5.69 Å². The van der Waals surface area contributed by atoms with Gasteiger partial charge in [0.25, 0.3) is 0 Å². The van der Waals surface area contributed by atoms with Gasteiger partial charge in [0.2, 0.25) is 5.91 Å². The third-order valence-corrected chi connectivity index (χ3v) is 3.44. The fraction of sp³-hybridized carbons (Fsp3) is 0.125. The molecule has 5 heteroatoms. The van der Waals surface area contributed by atoms with Crippen LogP contribution in [0.15, 0.2) is 54.6 Å². The third-order valence-electron chi connectivity index (χ3n) is 3.21. The number of thiocarbonyl (C=S) groups is 1. The second-order valence-electron chi connectivity index (χ2n) is 4.62. The summed E-state index contributed by atoms with van der Waals surface area (Å²) in [6.07, 6.45) is 0. The highest BCUT2D eigenvalue weighted by Gasteiger charge is 2.27. The Morgan fingerprint density at radius 2 is 1.71 bits per heavy atom. The van der Waals surface area contributed by atoms with E-state index in [1.54, 1.807) is 19.2 Å². The number of anilines is 1. The van der Waals surface area contributed by atoms with Crippen LogP contribution in [-0.4, -0.2) is 17.9 Å². The summed E-state index contributed by atoms with van der Waals surface area (Å²) in [5, 5.41) is 0. The summed E-state index contributed by atoms with van der Waals surface area (Å²) in [4.78, 5) is 14.2. The lowest BCUT2D eigenvalue weighted by atomic mass is 9.97. The van der Waals surface area contributed by atoms with Crippen LogP contribution in [0.2, 0.25) is 0 Å². The van der Waals surface area contributed by atoms with Crippen LogP contribution in [0.5, 0.6) is 0 Å². The van der Waals surface area contributed by atoms with E-state index >= 15 is 0 Å². The van der Waals surface area contributed by atoms with Crippen molar-refractivity contribution in [2.24, 2.45) is 5.73 Å². The molecule has 0 aromatic heterocycles. The topological polar surface area (TPSA) is 46.3 Å². The zero-order valence-corrected chi connectivity index (χ0v) is 12.3. The quantitative estimate of drug-likeness (QED) is 0.883. The van der Waals surface area contributed by atoms with Crippen LogP contribution in [0.25, 0.3) is 0 Å². The molecule has 1 unspecified atom stereocenters. The lowest BCUT2D eigenvalue weighted by Gasteiger charge is -2.23. The van der Waals surface area contributed by atoms with Gasteiger partial charge in [-0.1, -0.05) is 42.5 Å². The molecule has 1 amide bonds. The number of carbonyl (C=O) groups is 1. The lowest BCUT2D eigenvalue weighted by molar-refractivity contribution is -0.118. The Morgan fingerprint density at radius 3 is 2.24 bits per heavy atom. The minimum Gasteiger partial charge on any atom is -0.392 e. The molecule has 21 heavy (non-hydrogen) atoms. The maximum Gasteiger partial charge on any atom is 0.241 e. The summed E-state index contributed by atoms with van der Waals surface area (Å²) < 4.78 is 13.0. The van der Waals surface area contributed by atoms with Gasteiger partial charge in [-0.25, -0.2) is 4.39 Å². The van der Waals surface area contributed by atoms with Gasteiger partial charge in [0.05, 0.1) is 4.99 Å². The number of likely N-dealkylation sites (N-methyl/N-ethyl adjacent to an activating group) is 1. The molecule has 0 heterocycles. The van der Waals surface area contributed by atoms with Crippen molar-refractivity contribution in [1.82, 2.24) is 0 Å². The molecular formula is C16H15FN2OS. The number of hydrogen-bond acceptors (Lipinski definition) is 2. The molecule has 108 valence electrons. The van der Waals surface area contributed by atoms with Gasteiger partial charge in [-0.3, -0.25) is 4.79 Å². The van der Waals surface area contributed by atoms with Crippen LogP contribution < -0.4 is 10.6 Å². The molecule has 2 aromatic rings. The molecule has 0 saturated heterocycles. The van der Waals surface area contributed by atoms with E-state index in [1.165, 1.54) is 29.2 Å².